The van der Waals surface area contributed by atoms with Crippen LogP contribution >= 0.6 is 11.6 Å². The molecule has 0 heterocycles. The summed E-state index contributed by atoms with van der Waals surface area (Å²) in [5, 5.41) is 0.803. The molecule has 0 spiro atoms. The van der Waals surface area contributed by atoms with Crippen LogP contribution in [-0.4, -0.2) is 15.0 Å². The van der Waals surface area contributed by atoms with Crippen LogP contribution < -0.4 is 8.92 Å². The molecule has 0 nitrogen and oxygen atoms in total. The Labute approximate surface area is 95.1 Å². The minimum atomic E-state index is 0.395. The van der Waals surface area contributed by atoms with Gasteiger partial charge in [0, 0.05) is 0 Å². The Hall–Kier alpha value is -0.751. The first-order valence-corrected chi connectivity index (χ1v) is 6.42. The van der Waals surface area contributed by atoms with Gasteiger partial charge in [0.05, 0.1) is 0 Å². The van der Waals surface area contributed by atoms with Gasteiger partial charge in [0.1, 0.15) is 0 Å². The van der Waals surface area contributed by atoms with Crippen LogP contribution in [0, 0.1) is 0 Å². The first-order chi connectivity index (χ1) is 6.84. The van der Waals surface area contributed by atoms with Gasteiger partial charge in [-0.2, -0.15) is 0 Å². The van der Waals surface area contributed by atoms with Gasteiger partial charge in [-0.15, -0.1) is 0 Å². The van der Waals surface area contributed by atoms with E-state index in [1.165, 1.54) is 8.92 Å². The fraction of sp³-hybridized carbons (Fsp3) is 0. The van der Waals surface area contributed by atoms with Gasteiger partial charge in [-0.25, -0.2) is 0 Å². The number of rotatable bonds is 2. The number of hydrogen-bond donors (Lipinski definition) is 0. The third-order valence-electron chi connectivity index (χ3n) is 1.79. The summed E-state index contributed by atoms with van der Waals surface area (Å²) in [6.07, 6.45) is 0. The van der Waals surface area contributed by atoms with E-state index in [1.54, 1.807) is 0 Å². The summed E-state index contributed by atoms with van der Waals surface area (Å²) in [4.78, 5) is 0. The number of halogens is 1. The molecule has 0 aliphatic rings. The fourth-order valence-electron chi connectivity index (χ4n) is 1.13. The van der Waals surface area contributed by atoms with E-state index in [1.807, 2.05) is 18.2 Å². The van der Waals surface area contributed by atoms with E-state index in [0.29, 0.717) is 15.0 Å². The van der Waals surface area contributed by atoms with Gasteiger partial charge in [-0.1, -0.05) is 0 Å². The van der Waals surface area contributed by atoms with Crippen molar-refractivity contribution in [1.29, 1.82) is 0 Å². The Bertz CT molecular complexity index is 394. The first-order valence-electron chi connectivity index (χ1n) is 4.33. The molecule has 0 radical (unpaired) electrons. The minimum absolute atomic E-state index is 0.395. The molecule has 2 aromatic carbocycles. The zero-order valence-electron chi connectivity index (χ0n) is 7.48. The van der Waals surface area contributed by atoms with Gasteiger partial charge in [0.25, 0.3) is 0 Å². The van der Waals surface area contributed by atoms with Gasteiger partial charge in [-0.3, -0.25) is 0 Å². The summed E-state index contributed by atoms with van der Waals surface area (Å²) in [7, 11) is 0. The van der Waals surface area contributed by atoms with Crippen molar-refractivity contribution >= 4 is 35.5 Å². The molecule has 0 aliphatic heterocycles. The molecule has 70 valence electrons. The molecule has 0 fully saturated rings. The Morgan fingerprint density at radius 2 is 1.29 bits per heavy atom. The molecule has 0 aromatic heterocycles. The average molecular weight is 268 g/mol. The molecule has 2 rings (SSSR count). The van der Waals surface area contributed by atoms with E-state index >= 15 is 0 Å². The SMILES string of the molecule is Clc1ccc([Se]c2ccccc2)cc1. The summed E-state index contributed by atoms with van der Waals surface area (Å²) < 4.78 is 2.75. The van der Waals surface area contributed by atoms with E-state index in [-0.39, 0.29) is 0 Å². The Balaban J connectivity index is 2.16. The normalized spacial score (nSPS) is 10.1. The van der Waals surface area contributed by atoms with E-state index in [9.17, 15) is 0 Å². The van der Waals surface area contributed by atoms with Crippen LogP contribution in [0.3, 0.4) is 0 Å². The van der Waals surface area contributed by atoms with Crippen LogP contribution in [0.4, 0.5) is 0 Å². The van der Waals surface area contributed by atoms with Crippen LogP contribution in [0.5, 0.6) is 0 Å². The first kappa shape index (κ1) is 9.79. The zero-order valence-corrected chi connectivity index (χ0v) is 9.95. The Kier molecular flexibility index (Phi) is 3.26. The van der Waals surface area contributed by atoms with Crippen molar-refractivity contribution in [2.45, 2.75) is 0 Å². The second-order valence-corrected chi connectivity index (χ2v) is 5.71. The van der Waals surface area contributed by atoms with Crippen molar-refractivity contribution in [2.24, 2.45) is 0 Å². The van der Waals surface area contributed by atoms with Crippen LogP contribution in [0.1, 0.15) is 0 Å². The average Bonchev–Trinajstić information content (AvgIpc) is 2.23. The van der Waals surface area contributed by atoms with Gasteiger partial charge < -0.3 is 0 Å². The van der Waals surface area contributed by atoms with Crippen LogP contribution in [0.15, 0.2) is 54.6 Å². The van der Waals surface area contributed by atoms with Crippen molar-refractivity contribution in [3.8, 4) is 0 Å². The Morgan fingerprint density at radius 1 is 0.714 bits per heavy atom. The van der Waals surface area contributed by atoms with Gasteiger partial charge >= 0.3 is 95.1 Å². The van der Waals surface area contributed by atoms with Crippen LogP contribution in [0.25, 0.3) is 0 Å². The molecular weight excluding hydrogens is 259 g/mol. The number of hydrogen-bond acceptors (Lipinski definition) is 0. The molecule has 0 atom stereocenters. The maximum absolute atomic E-state index is 5.82. The molecule has 14 heavy (non-hydrogen) atoms. The summed E-state index contributed by atoms with van der Waals surface area (Å²) in [5.74, 6) is 0. The summed E-state index contributed by atoms with van der Waals surface area (Å²) in [5.41, 5.74) is 0. The molecule has 0 saturated carbocycles. The second-order valence-electron chi connectivity index (χ2n) is 2.87. The monoisotopic (exact) mass is 268 g/mol. The molecule has 0 aliphatic carbocycles. The van der Waals surface area contributed by atoms with Crippen molar-refractivity contribution < 1.29 is 0 Å². The molecule has 0 amide bonds. The van der Waals surface area contributed by atoms with E-state index in [2.05, 4.69) is 36.4 Å². The summed E-state index contributed by atoms with van der Waals surface area (Å²) >= 11 is 6.22. The van der Waals surface area contributed by atoms with Crippen LogP contribution in [0.2, 0.25) is 5.02 Å². The standard InChI is InChI=1S/C12H9ClSe/c13-10-6-8-12(9-7-10)14-11-4-2-1-3-5-11/h1-9H. The Morgan fingerprint density at radius 3 is 1.93 bits per heavy atom. The van der Waals surface area contributed by atoms with Crippen molar-refractivity contribution in [2.75, 3.05) is 0 Å². The van der Waals surface area contributed by atoms with Crippen molar-refractivity contribution in [1.82, 2.24) is 0 Å². The number of benzene rings is 2. The van der Waals surface area contributed by atoms with Crippen LogP contribution in [-0.2, 0) is 0 Å². The van der Waals surface area contributed by atoms with Gasteiger partial charge in [0.15, 0.2) is 0 Å². The van der Waals surface area contributed by atoms with Crippen molar-refractivity contribution in [3.05, 3.63) is 59.6 Å². The predicted octanol–water partition coefficient (Wildman–Crippen LogP) is 1.99. The molecule has 0 saturated heterocycles. The fourth-order valence-corrected chi connectivity index (χ4v) is 3.01. The van der Waals surface area contributed by atoms with Crippen molar-refractivity contribution in [3.63, 3.8) is 0 Å². The summed E-state index contributed by atoms with van der Waals surface area (Å²) in [6.45, 7) is 0. The van der Waals surface area contributed by atoms with E-state index < -0.39 is 0 Å². The van der Waals surface area contributed by atoms with Gasteiger partial charge in [-0.05, 0) is 0 Å². The molecule has 0 bridgehead atoms. The molecule has 2 heteroatoms. The second kappa shape index (κ2) is 4.65. The van der Waals surface area contributed by atoms with E-state index in [4.69, 9.17) is 11.6 Å². The topological polar surface area (TPSA) is 0 Å². The zero-order chi connectivity index (χ0) is 9.80. The molecule has 2 aromatic rings. The third kappa shape index (κ3) is 2.62. The summed E-state index contributed by atoms with van der Waals surface area (Å²) in [6, 6.07) is 18.6. The molecule has 0 unspecified atom stereocenters. The van der Waals surface area contributed by atoms with E-state index in [0.717, 1.165) is 5.02 Å². The molecular formula is C12H9ClSe. The van der Waals surface area contributed by atoms with Gasteiger partial charge in [0.2, 0.25) is 0 Å². The maximum atomic E-state index is 5.82. The quantitative estimate of drug-likeness (QED) is 0.730. The molecule has 0 N–H and O–H groups in total. The third-order valence-corrected chi connectivity index (χ3v) is 4.18. The predicted molar refractivity (Wildman–Crippen MR) is 62.9 cm³/mol.